The fourth-order valence-electron chi connectivity index (χ4n) is 2.83. The lowest BCUT2D eigenvalue weighted by atomic mass is 10.1. The first-order valence-corrected chi connectivity index (χ1v) is 9.26. The minimum atomic E-state index is 0.205. The summed E-state index contributed by atoms with van der Waals surface area (Å²) in [7, 11) is 0. The summed E-state index contributed by atoms with van der Waals surface area (Å²) in [5.74, 6) is 1.78. The van der Waals surface area contributed by atoms with Crippen LogP contribution in [0.25, 0.3) is 22.4 Å². The smallest absolute Gasteiger partial charge is 0.228 e. The molecule has 0 radical (unpaired) electrons. The van der Waals surface area contributed by atoms with Gasteiger partial charge in [-0.15, -0.1) is 0 Å². The van der Waals surface area contributed by atoms with Gasteiger partial charge in [-0.05, 0) is 17.9 Å². The average Bonchev–Trinajstić information content (AvgIpc) is 3.04. The van der Waals surface area contributed by atoms with Gasteiger partial charge in [0.15, 0.2) is 10.8 Å². The molecule has 1 fully saturated rings. The van der Waals surface area contributed by atoms with Crippen LogP contribution in [-0.2, 0) is 4.74 Å². The number of anilines is 1. The molecule has 1 aromatic carbocycles. The predicted octanol–water partition coefficient (Wildman–Crippen LogP) is 2.67. The number of hydrogen-bond donors (Lipinski definition) is 2. The minimum absolute atomic E-state index is 0.205. The standard InChI is InChI=1S/C17H19N5O2S/c1-2-25-17-19-14-13(11-4-3-5-12(23)10-11)18-16(20-15(14)21-17)22-6-8-24-9-7-22/h3-5,10,23H,2,6-9H2,1H3,(H,18,19,20,21). The van der Waals surface area contributed by atoms with Crippen molar-refractivity contribution in [3.63, 3.8) is 0 Å². The quantitative estimate of drug-likeness (QED) is 0.694. The van der Waals surface area contributed by atoms with Crippen LogP contribution in [0.3, 0.4) is 0 Å². The van der Waals surface area contributed by atoms with E-state index in [-0.39, 0.29) is 5.75 Å². The summed E-state index contributed by atoms with van der Waals surface area (Å²) in [5.41, 5.74) is 2.98. The van der Waals surface area contributed by atoms with Gasteiger partial charge in [0.2, 0.25) is 5.95 Å². The monoisotopic (exact) mass is 357 g/mol. The van der Waals surface area contributed by atoms with E-state index in [2.05, 4.69) is 26.8 Å². The molecule has 130 valence electrons. The van der Waals surface area contributed by atoms with Crippen molar-refractivity contribution >= 4 is 28.9 Å². The number of phenols is 1. The molecule has 1 aliphatic heterocycles. The Hall–Kier alpha value is -2.32. The van der Waals surface area contributed by atoms with Gasteiger partial charge in [-0.2, -0.15) is 4.98 Å². The number of thioether (sulfide) groups is 1. The van der Waals surface area contributed by atoms with Gasteiger partial charge in [-0.1, -0.05) is 30.8 Å². The predicted molar refractivity (Wildman–Crippen MR) is 98.2 cm³/mol. The summed E-state index contributed by atoms with van der Waals surface area (Å²) >= 11 is 1.63. The van der Waals surface area contributed by atoms with Gasteiger partial charge < -0.3 is 19.7 Å². The highest BCUT2D eigenvalue weighted by Crippen LogP contribution is 2.30. The highest BCUT2D eigenvalue weighted by molar-refractivity contribution is 7.99. The number of nitrogens with one attached hydrogen (secondary N) is 1. The molecule has 8 heteroatoms. The third-order valence-corrected chi connectivity index (χ3v) is 4.76. The number of morpholine rings is 1. The number of rotatable bonds is 4. The molecule has 25 heavy (non-hydrogen) atoms. The molecule has 0 spiro atoms. The lowest BCUT2D eigenvalue weighted by Crippen LogP contribution is -2.37. The maximum atomic E-state index is 9.85. The van der Waals surface area contributed by atoms with Crippen LogP contribution in [0, 0.1) is 0 Å². The fourth-order valence-corrected chi connectivity index (χ4v) is 3.43. The van der Waals surface area contributed by atoms with Gasteiger partial charge in [0.1, 0.15) is 17.0 Å². The number of aromatic amines is 1. The van der Waals surface area contributed by atoms with Crippen molar-refractivity contribution in [3.8, 4) is 17.0 Å². The zero-order chi connectivity index (χ0) is 17.2. The Balaban J connectivity index is 1.87. The van der Waals surface area contributed by atoms with E-state index in [0.717, 1.165) is 40.8 Å². The molecule has 3 heterocycles. The number of aromatic hydroxyl groups is 1. The molecule has 3 aromatic rings. The van der Waals surface area contributed by atoms with Gasteiger partial charge in [0.05, 0.1) is 13.2 Å². The van der Waals surface area contributed by atoms with E-state index in [1.165, 1.54) is 0 Å². The van der Waals surface area contributed by atoms with E-state index >= 15 is 0 Å². The Morgan fingerprint density at radius 2 is 2.08 bits per heavy atom. The first kappa shape index (κ1) is 16.2. The minimum Gasteiger partial charge on any atom is -0.508 e. The molecule has 0 saturated carbocycles. The molecular formula is C17H19N5O2S. The van der Waals surface area contributed by atoms with Gasteiger partial charge >= 0.3 is 0 Å². The van der Waals surface area contributed by atoms with Gasteiger partial charge in [-0.3, -0.25) is 0 Å². The molecule has 7 nitrogen and oxygen atoms in total. The number of H-pyrrole nitrogens is 1. The van der Waals surface area contributed by atoms with Crippen molar-refractivity contribution in [1.82, 2.24) is 19.9 Å². The van der Waals surface area contributed by atoms with E-state index in [4.69, 9.17) is 9.72 Å². The molecular weight excluding hydrogens is 338 g/mol. The lowest BCUT2D eigenvalue weighted by molar-refractivity contribution is 0.122. The Labute approximate surface area is 149 Å². The van der Waals surface area contributed by atoms with Crippen LogP contribution in [-0.4, -0.2) is 57.1 Å². The summed E-state index contributed by atoms with van der Waals surface area (Å²) < 4.78 is 5.42. The Kier molecular flexibility index (Phi) is 4.46. The van der Waals surface area contributed by atoms with E-state index in [1.54, 1.807) is 30.0 Å². The molecule has 0 bridgehead atoms. The summed E-state index contributed by atoms with van der Waals surface area (Å²) in [6.45, 7) is 4.94. The van der Waals surface area contributed by atoms with Crippen molar-refractivity contribution in [2.24, 2.45) is 0 Å². The molecule has 2 aromatic heterocycles. The van der Waals surface area contributed by atoms with Crippen molar-refractivity contribution in [2.45, 2.75) is 12.1 Å². The topological polar surface area (TPSA) is 87.2 Å². The summed E-state index contributed by atoms with van der Waals surface area (Å²) in [6, 6.07) is 7.08. The lowest BCUT2D eigenvalue weighted by Gasteiger charge is -2.26. The molecule has 0 aliphatic carbocycles. The maximum Gasteiger partial charge on any atom is 0.228 e. The summed E-state index contributed by atoms with van der Waals surface area (Å²) in [6.07, 6.45) is 0. The van der Waals surface area contributed by atoms with E-state index in [0.29, 0.717) is 24.8 Å². The first-order valence-electron chi connectivity index (χ1n) is 8.27. The third-order valence-electron chi connectivity index (χ3n) is 4.01. The summed E-state index contributed by atoms with van der Waals surface area (Å²) in [5, 5.41) is 10.7. The third kappa shape index (κ3) is 3.27. The molecule has 0 amide bonds. The molecule has 4 rings (SSSR count). The zero-order valence-corrected chi connectivity index (χ0v) is 14.7. The highest BCUT2D eigenvalue weighted by atomic mass is 32.2. The van der Waals surface area contributed by atoms with Crippen LogP contribution in [0.2, 0.25) is 0 Å². The molecule has 0 unspecified atom stereocenters. The SMILES string of the molecule is CCSc1nc2c(-c3cccc(O)c3)nc(N3CCOCC3)nc2[nH]1. The molecule has 2 N–H and O–H groups in total. The van der Waals surface area contributed by atoms with E-state index in [1.807, 2.05) is 6.07 Å². The number of aromatic nitrogens is 4. The largest absolute Gasteiger partial charge is 0.508 e. The van der Waals surface area contributed by atoms with Crippen molar-refractivity contribution in [3.05, 3.63) is 24.3 Å². The first-order chi connectivity index (χ1) is 12.2. The second-order valence-corrected chi connectivity index (χ2v) is 6.95. The van der Waals surface area contributed by atoms with Crippen LogP contribution in [0.15, 0.2) is 29.4 Å². The normalized spacial score (nSPS) is 15.0. The Bertz CT molecular complexity index is 892. The maximum absolute atomic E-state index is 9.85. The Morgan fingerprint density at radius 3 is 2.84 bits per heavy atom. The number of imidazole rings is 1. The molecule has 0 atom stereocenters. The number of hydrogen-bond acceptors (Lipinski definition) is 7. The van der Waals surface area contributed by atoms with Gasteiger partial charge in [0, 0.05) is 18.7 Å². The van der Waals surface area contributed by atoms with Crippen LogP contribution in [0.5, 0.6) is 5.75 Å². The molecule has 1 aliphatic rings. The number of nitrogens with zero attached hydrogens (tertiary/aromatic N) is 4. The van der Waals surface area contributed by atoms with Crippen molar-refractivity contribution in [1.29, 1.82) is 0 Å². The van der Waals surface area contributed by atoms with Crippen LogP contribution in [0.1, 0.15) is 6.92 Å². The second kappa shape index (κ2) is 6.89. The average molecular weight is 357 g/mol. The number of phenolic OH excluding ortho intramolecular Hbond substituents is 1. The van der Waals surface area contributed by atoms with Crippen LogP contribution in [0.4, 0.5) is 5.95 Å². The second-order valence-electron chi connectivity index (χ2n) is 5.69. The van der Waals surface area contributed by atoms with Crippen molar-refractivity contribution < 1.29 is 9.84 Å². The number of benzene rings is 1. The van der Waals surface area contributed by atoms with E-state index in [9.17, 15) is 5.11 Å². The molecule has 1 saturated heterocycles. The van der Waals surface area contributed by atoms with E-state index < -0.39 is 0 Å². The zero-order valence-electron chi connectivity index (χ0n) is 13.9. The fraction of sp³-hybridized carbons (Fsp3) is 0.353. The number of fused-ring (bicyclic) bond motifs is 1. The highest BCUT2D eigenvalue weighted by Gasteiger charge is 2.20. The van der Waals surface area contributed by atoms with Gasteiger partial charge in [0.25, 0.3) is 0 Å². The summed E-state index contributed by atoms with van der Waals surface area (Å²) in [4.78, 5) is 19.5. The van der Waals surface area contributed by atoms with Crippen molar-refractivity contribution in [2.75, 3.05) is 37.0 Å². The Morgan fingerprint density at radius 1 is 1.24 bits per heavy atom. The van der Waals surface area contributed by atoms with Gasteiger partial charge in [-0.25, -0.2) is 9.97 Å². The van der Waals surface area contributed by atoms with Crippen LogP contribution < -0.4 is 4.90 Å². The van der Waals surface area contributed by atoms with Crippen LogP contribution >= 0.6 is 11.8 Å². The number of ether oxygens (including phenoxy) is 1.